The van der Waals surface area contributed by atoms with Crippen molar-refractivity contribution in [1.29, 1.82) is 0 Å². The highest BCUT2D eigenvalue weighted by Gasteiger charge is 2.31. The Kier molecular flexibility index (Phi) is 9.14. The van der Waals surface area contributed by atoms with Crippen molar-refractivity contribution < 1.29 is 31.8 Å². The molecule has 0 fully saturated rings. The second-order valence-corrected chi connectivity index (χ2v) is 9.91. The van der Waals surface area contributed by atoms with Crippen LogP contribution in [0.3, 0.4) is 0 Å². The molecular formula is C32H23ClF4N4O4. The number of amides is 1. The fraction of sp³-hybridized carbons (Fsp3) is 0.125. The Labute approximate surface area is 258 Å². The minimum Gasteiger partial charge on any atom is -0.490 e. The lowest BCUT2D eigenvalue weighted by atomic mass is 10.1. The summed E-state index contributed by atoms with van der Waals surface area (Å²) in [5, 5.41) is 7.12. The van der Waals surface area contributed by atoms with E-state index in [9.17, 15) is 27.2 Å². The van der Waals surface area contributed by atoms with E-state index in [0.29, 0.717) is 11.3 Å². The van der Waals surface area contributed by atoms with Gasteiger partial charge in [-0.05, 0) is 73.2 Å². The summed E-state index contributed by atoms with van der Waals surface area (Å²) in [5.41, 5.74) is -0.480. The molecule has 0 unspecified atom stereocenters. The zero-order chi connectivity index (χ0) is 32.1. The summed E-state index contributed by atoms with van der Waals surface area (Å²) in [7, 11) is 0. The molecule has 45 heavy (non-hydrogen) atoms. The van der Waals surface area contributed by atoms with Gasteiger partial charge in [0.1, 0.15) is 5.82 Å². The first-order valence-corrected chi connectivity index (χ1v) is 13.8. The third kappa shape index (κ3) is 7.29. The van der Waals surface area contributed by atoms with Crippen molar-refractivity contribution in [2.75, 3.05) is 18.5 Å². The van der Waals surface area contributed by atoms with Crippen molar-refractivity contribution in [2.24, 2.45) is 5.10 Å². The van der Waals surface area contributed by atoms with Crippen molar-refractivity contribution in [3.05, 3.63) is 117 Å². The number of alkyl halides is 3. The lowest BCUT2D eigenvalue weighted by molar-refractivity contribution is -0.137. The number of carbonyl (C=O) groups excluding carboxylic acids is 1. The number of rotatable bonds is 9. The van der Waals surface area contributed by atoms with Crippen LogP contribution in [-0.4, -0.2) is 35.0 Å². The molecule has 0 bridgehead atoms. The van der Waals surface area contributed by atoms with Crippen LogP contribution in [0.15, 0.2) is 94.8 Å². The Bertz CT molecular complexity index is 1960. The van der Waals surface area contributed by atoms with Gasteiger partial charge < -0.3 is 14.8 Å². The van der Waals surface area contributed by atoms with E-state index in [1.807, 2.05) is 0 Å². The van der Waals surface area contributed by atoms with E-state index in [4.69, 9.17) is 21.1 Å². The minimum absolute atomic E-state index is 0.0283. The highest BCUT2D eigenvalue weighted by Crippen LogP contribution is 2.37. The summed E-state index contributed by atoms with van der Waals surface area (Å²) in [6, 6.07) is 19.0. The van der Waals surface area contributed by atoms with Crippen molar-refractivity contribution in [3.8, 4) is 22.9 Å². The second-order valence-electron chi connectivity index (χ2n) is 9.50. The smallest absolute Gasteiger partial charge is 0.416 e. The number of aromatic nitrogens is 2. The van der Waals surface area contributed by atoms with Gasteiger partial charge in [0, 0.05) is 11.3 Å². The first-order valence-electron chi connectivity index (χ1n) is 13.4. The lowest BCUT2D eigenvalue weighted by Crippen LogP contribution is -2.21. The fourth-order valence-electron chi connectivity index (χ4n) is 4.31. The fourth-order valence-corrected chi connectivity index (χ4v) is 4.58. The van der Waals surface area contributed by atoms with E-state index in [2.05, 4.69) is 15.4 Å². The number of hydrogen-bond donors (Lipinski definition) is 1. The molecule has 13 heteroatoms. The van der Waals surface area contributed by atoms with Gasteiger partial charge in [0.2, 0.25) is 0 Å². The van der Waals surface area contributed by atoms with Gasteiger partial charge in [-0.25, -0.2) is 9.37 Å². The molecule has 0 saturated heterocycles. The standard InChI is InChI=1S/C32H23ClF4N4O4/c1-2-44-27-15-19(14-25(33)29(27)45-18-28(42)39-23-12-10-22(34)11-13-23)17-38-41-30(20-6-5-7-21(16-20)32(35,36)37)40-26-9-4-3-8-24(26)31(41)43/h3-17H,2,18H2,1H3,(H,39,42). The maximum atomic E-state index is 13.5. The molecule has 0 saturated carbocycles. The summed E-state index contributed by atoms with van der Waals surface area (Å²) in [6.45, 7) is 1.49. The summed E-state index contributed by atoms with van der Waals surface area (Å²) in [5.74, 6) is -0.850. The van der Waals surface area contributed by atoms with Crippen molar-refractivity contribution in [1.82, 2.24) is 9.66 Å². The molecule has 1 heterocycles. The number of fused-ring (bicyclic) bond motifs is 1. The molecule has 0 aliphatic rings. The minimum atomic E-state index is -4.61. The number of carbonyl (C=O) groups is 1. The Hall–Kier alpha value is -5.23. The molecule has 230 valence electrons. The number of nitrogens with zero attached hydrogens (tertiary/aromatic N) is 3. The Morgan fingerprint density at radius 1 is 1.02 bits per heavy atom. The van der Waals surface area contributed by atoms with E-state index in [-0.39, 0.29) is 45.4 Å². The van der Waals surface area contributed by atoms with Gasteiger partial charge >= 0.3 is 6.18 Å². The molecule has 0 spiro atoms. The Balaban J connectivity index is 1.48. The third-order valence-electron chi connectivity index (χ3n) is 6.33. The number of nitrogens with one attached hydrogen (secondary N) is 1. The highest BCUT2D eigenvalue weighted by atomic mass is 35.5. The number of para-hydroxylation sites is 1. The number of anilines is 1. The average Bonchev–Trinajstić information content (AvgIpc) is 3.01. The first kappa shape index (κ1) is 31.2. The molecule has 0 aliphatic heterocycles. The second kappa shape index (κ2) is 13.2. The van der Waals surface area contributed by atoms with Gasteiger partial charge in [-0.15, -0.1) is 0 Å². The van der Waals surface area contributed by atoms with E-state index in [1.165, 1.54) is 60.8 Å². The molecule has 5 rings (SSSR count). The molecule has 5 aromatic rings. The van der Waals surface area contributed by atoms with Crippen LogP contribution in [-0.2, 0) is 11.0 Å². The molecule has 1 N–H and O–H groups in total. The van der Waals surface area contributed by atoms with Gasteiger partial charge in [0.15, 0.2) is 23.9 Å². The number of hydrogen-bond acceptors (Lipinski definition) is 6. The van der Waals surface area contributed by atoms with Gasteiger partial charge in [0.25, 0.3) is 11.5 Å². The van der Waals surface area contributed by atoms with Crippen LogP contribution in [0, 0.1) is 5.82 Å². The summed E-state index contributed by atoms with van der Waals surface area (Å²) in [4.78, 5) is 30.3. The van der Waals surface area contributed by atoms with E-state index >= 15 is 0 Å². The summed E-state index contributed by atoms with van der Waals surface area (Å²) >= 11 is 6.48. The number of benzene rings is 4. The summed E-state index contributed by atoms with van der Waals surface area (Å²) in [6.07, 6.45) is -3.34. The average molecular weight is 639 g/mol. The molecule has 0 atom stereocenters. The van der Waals surface area contributed by atoms with E-state index in [1.54, 1.807) is 25.1 Å². The van der Waals surface area contributed by atoms with Crippen LogP contribution in [0.1, 0.15) is 18.1 Å². The zero-order valence-corrected chi connectivity index (χ0v) is 24.2. The highest BCUT2D eigenvalue weighted by molar-refractivity contribution is 6.32. The molecule has 0 radical (unpaired) electrons. The largest absolute Gasteiger partial charge is 0.490 e. The summed E-state index contributed by atoms with van der Waals surface area (Å²) < 4.78 is 65.8. The van der Waals surface area contributed by atoms with Crippen LogP contribution in [0.4, 0.5) is 23.2 Å². The maximum absolute atomic E-state index is 13.5. The zero-order valence-electron chi connectivity index (χ0n) is 23.4. The van der Waals surface area contributed by atoms with E-state index < -0.39 is 35.6 Å². The van der Waals surface area contributed by atoms with Crippen molar-refractivity contribution in [3.63, 3.8) is 0 Å². The predicted molar refractivity (Wildman–Crippen MR) is 163 cm³/mol. The van der Waals surface area contributed by atoms with Crippen molar-refractivity contribution >= 4 is 40.3 Å². The monoisotopic (exact) mass is 638 g/mol. The first-order chi connectivity index (χ1) is 21.5. The van der Waals surface area contributed by atoms with Crippen LogP contribution in [0.5, 0.6) is 11.5 Å². The predicted octanol–water partition coefficient (Wildman–Crippen LogP) is 7.17. The lowest BCUT2D eigenvalue weighted by Gasteiger charge is -2.15. The van der Waals surface area contributed by atoms with Gasteiger partial charge in [-0.2, -0.15) is 22.9 Å². The molecule has 0 aliphatic carbocycles. The number of halogens is 5. The van der Waals surface area contributed by atoms with Crippen LogP contribution >= 0.6 is 11.6 Å². The SMILES string of the molecule is CCOc1cc(C=Nn2c(-c3cccc(C(F)(F)F)c3)nc3ccccc3c2=O)cc(Cl)c1OCC(=O)Nc1ccc(F)cc1. The van der Waals surface area contributed by atoms with Gasteiger partial charge in [0.05, 0.1) is 34.3 Å². The number of ether oxygens (including phenoxy) is 2. The normalized spacial score (nSPS) is 11.6. The van der Waals surface area contributed by atoms with E-state index in [0.717, 1.165) is 16.8 Å². The van der Waals surface area contributed by atoms with Crippen LogP contribution in [0.2, 0.25) is 5.02 Å². The molecule has 1 aromatic heterocycles. The van der Waals surface area contributed by atoms with Crippen molar-refractivity contribution in [2.45, 2.75) is 13.1 Å². The Morgan fingerprint density at radius 3 is 2.51 bits per heavy atom. The Morgan fingerprint density at radius 2 is 1.78 bits per heavy atom. The topological polar surface area (TPSA) is 94.8 Å². The van der Waals surface area contributed by atoms with Gasteiger partial charge in [-0.3, -0.25) is 9.59 Å². The van der Waals surface area contributed by atoms with Crippen LogP contribution < -0.4 is 20.3 Å². The molecular weight excluding hydrogens is 616 g/mol. The molecule has 1 amide bonds. The maximum Gasteiger partial charge on any atom is 0.416 e. The quantitative estimate of drug-likeness (QED) is 0.136. The third-order valence-corrected chi connectivity index (χ3v) is 6.61. The van der Waals surface area contributed by atoms with Gasteiger partial charge in [-0.1, -0.05) is 35.9 Å². The molecule has 4 aromatic carbocycles. The van der Waals surface area contributed by atoms with Crippen LogP contribution in [0.25, 0.3) is 22.3 Å². The molecule has 8 nitrogen and oxygen atoms in total.